The van der Waals surface area contributed by atoms with Crippen molar-refractivity contribution in [2.45, 2.75) is 32.0 Å². The van der Waals surface area contributed by atoms with Gasteiger partial charge in [0.25, 0.3) is 0 Å². The van der Waals surface area contributed by atoms with Crippen LogP contribution in [-0.4, -0.2) is 30.9 Å². The van der Waals surface area contributed by atoms with Crippen molar-refractivity contribution in [3.05, 3.63) is 69.5 Å². The minimum atomic E-state index is -4.51. The van der Waals surface area contributed by atoms with Crippen LogP contribution in [0.1, 0.15) is 34.6 Å². The van der Waals surface area contributed by atoms with Gasteiger partial charge in [-0.1, -0.05) is 17.7 Å². The van der Waals surface area contributed by atoms with Gasteiger partial charge in [-0.25, -0.2) is 4.39 Å². The van der Waals surface area contributed by atoms with Gasteiger partial charge >= 0.3 is 6.18 Å². The number of alkyl halides is 3. The van der Waals surface area contributed by atoms with E-state index in [0.717, 1.165) is 23.3 Å². The van der Waals surface area contributed by atoms with Crippen molar-refractivity contribution in [3.8, 4) is 0 Å². The number of aryl methyl sites for hydroxylation is 1. The first-order valence-corrected chi connectivity index (χ1v) is 10.0. The van der Waals surface area contributed by atoms with Crippen LogP contribution in [0.2, 0.25) is 5.02 Å². The highest BCUT2D eigenvalue weighted by Crippen LogP contribution is 2.34. The Labute approximate surface area is 190 Å². The monoisotopic (exact) mass is 478 g/mol. The van der Waals surface area contributed by atoms with E-state index in [1.807, 2.05) is 6.92 Å². The van der Waals surface area contributed by atoms with E-state index in [1.54, 1.807) is 13.1 Å². The molecule has 1 aliphatic heterocycles. The average Bonchev–Trinajstić information content (AvgIpc) is 2.66. The standard InChI is InChI=1S/C22H23ClF4N2O.ClH/c1-13-7-17(24)3-4-18(13)20-11-28-6-5-19(20)21(30)29(2)12-14-8-15(22(25,26)27)10-16(23)9-14;/h3-4,7-10,19-20,28H,5-6,11-12H2,1-2H3;1H/t19-,20+;/m1./s1. The van der Waals surface area contributed by atoms with E-state index in [1.165, 1.54) is 23.1 Å². The van der Waals surface area contributed by atoms with Crippen molar-refractivity contribution in [1.82, 2.24) is 10.2 Å². The van der Waals surface area contributed by atoms with Crippen LogP contribution in [0.15, 0.2) is 36.4 Å². The summed E-state index contributed by atoms with van der Waals surface area (Å²) in [6, 6.07) is 7.85. The smallest absolute Gasteiger partial charge is 0.341 e. The van der Waals surface area contributed by atoms with Gasteiger partial charge in [-0.3, -0.25) is 4.79 Å². The highest BCUT2D eigenvalue weighted by molar-refractivity contribution is 6.30. The zero-order valence-corrected chi connectivity index (χ0v) is 18.7. The lowest BCUT2D eigenvalue weighted by molar-refractivity contribution is -0.137. The van der Waals surface area contributed by atoms with E-state index in [9.17, 15) is 22.4 Å². The Morgan fingerprint density at radius 3 is 2.58 bits per heavy atom. The molecule has 31 heavy (non-hydrogen) atoms. The zero-order chi connectivity index (χ0) is 22.1. The summed E-state index contributed by atoms with van der Waals surface area (Å²) in [6.45, 7) is 3.06. The van der Waals surface area contributed by atoms with E-state index in [-0.39, 0.29) is 47.5 Å². The van der Waals surface area contributed by atoms with E-state index >= 15 is 0 Å². The van der Waals surface area contributed by atoms with Crippen LogP contribution in [0.4, 0.5) is 17.6 Å². The quantitative estimate of drug-likeness (QED) is 0.581. The molecule has 0 radical (unpaired) electrons. The van der Waals surface area contributed by atoms with E-state index < -0.39 is 11.7 Å². The van der Waals surface area contributed by atoms with Gasteiger partial charge in [0, 0.05) is 37.0 Å². The number of piperidine rings is 1. The van der Waals surface area contributed by atoms with Gasteiger partial charge in [0.1, 0.15) is 5.82 Å². The maximum absolute atomic E-state index is 13.5. The maximum atomic E-state index is 13.5. The Kier molecular flexibility index (Phi) is 8.36. The summed E-state index contributed by atoms with van der Waals surface area (Å²) >= 11 is 5.86. The van der Waals surface area contributed by atoms with Crippen molar-refractivity contribution < 1.29 is 22.4 Å². The van der Waals surface area contributed by atoms with Crippen LogP contribution in [0.25, 0.3) is 0 Å². The molecule has 0 aromatic heterocycles. The third-order valence-corrected chi connectivity index (χ3v) is 5.73. The van der Waals surface area contributed by atoms with Gasteiger partial charge < -0.3 is 10.2 Å². The van der Waals surface area contributed by atoms with E-state index in [0.29, 0.717) is 25.1 Å². The Hall–Kier alpha value is -1.83. The fraction of sp³-hybridized carbons (Fsp3) is 0.409. The molecule has 1 aliphatic rings. The van der Waals surface area contributed by atoms with Crippen molar-refractivity contribution in [3.63, 3.8) is 0 Å². The lowest BCUT2D eigenvalue weighted by Gasteiger charge is -2.35. The second kappa shape index (κ2) is 10.2. The third kappa shape index (κ3) is 6.11. The second-order valence-electron chi connectivity index (χ2n) is 7.75. The molecule has 2 aromatic rings. The first-order valence-electron chi connectivity index (χ1n) is 9.64. The maximum Gasteiger partial charge on any atom is 0.416 e. The molecule has 170 valence electrons. The van der Waals surface area contributed by atoms with Gasteiger partial charge in [-0.05, 0) is 66.9 Å². The predicted octanol–water partition coefficient (Wildman–Crippen LogP) is 5.58. The van der Waals surface area contributed by atoms with Gasteiger partial charge in [-0.15, -0.1) is 12.4 Å². The molecular formula is C22H24Cl2F4N2O. The fourth-order valence-electron chi connectivity index (χ4n) is 4.08. The topological polar surface area (TPSA) is 32.3 Å². The number of amides is 1. The van der Waals surface area contributed by atoms with Gasteiger partial charge in [0.05, 0.1) is 5.56 Å². The lowest BCUT2D eigenvalue weighted by Crippen LogP contribution is -2.44. The highest BCUT2D eigenvalue weighted by atomic mass is 35.5. The molecular weight excluding hydrogens is 455 g/mol. The Morgan fingerprint density at radius 2 is 1.94 bits per heavy atom. The molecule has 9 heteroatoms. The number of rotatable bonds is 4. The molecule has 0 aliphatic carbocycles. The zero-order valence-electron chi connectivity index (χ0n) is 17.1. The number of halogens is 6. The van der Waals surface area contributed by atoms with Gasteiger partial charge in [0.2, 0.25) is 5.91 Å². The summed E-state index contributed by atoms with van der Waals surface area (Å²) < 4.78 is 52.7. The fourth-order valence-corrected chi connectivity index (χ4v) is 4.33. The number of hydrogen-bond acceptors (Lipinski definition) is 2. The van der Waals surface area contributed by atoms with Gasteiger partial charge in [0.15, 0.2) is 0 Å². The number of benzene rings is 2. The van der Waals surface area contributed by atoms with Crippen LogP contribution >= 0.6 is 24.0 Å². The molecule has 1 amide bonds. The predicted molar refractivity (Wildman–Crippen MR) is 115 cm³/mol. The number of carbonyl (C=O) groups excluding carboxylic acids is 1. The molecule has 0 bridgehead atoms. The van der Waals surface area contributed by atoms with Crippen LogP contribution in [0.5, 0.6) is 0 Å². The normalized spacial score (nSPS) is 18.9. The largest absolute Gasteiger partial charge is 0.416 e. The number of carbonyl (C=O) groups is 1. The third-order valence-electron chi connectivity index (χ3n) is 5.51. The van der Waals surface area contributed by atoms with Gasteiger partial charge in [-0.2, -0.15) is 13.2 Å². The molecule has 2 aromatic carbocycles. The van der Waals surface area contributed by atoms with E-state index in [4.69, 9.17) is 11.6 Å². The Bertz CT molecular complexity index is 936. The van der Waals surface area contributed by atoms with Crippen LogP contribution in [0.3, 0.4) is 0 Å². The SMILES string of the molecule is Cc1cc(F)ccc1[C@@H]1CNCC[C@H]1C(=O)N(C)Cc1cc(Cl)cc(C(F)(F)F)c1.Cl. The molecule has 1 fully saturated rings. The molecule has 3 rings (SSSR count). The minimum absolute atomic E-state index is 0. The minimum Gasteiger partial charge on any atom is -0.341 e. The summed E-state index contributed by atoms with van der Waals surface area (Å²) in [5.74, 6) is -0.971. The number of nitrogens with zero attached hydrogens (tertiary/aromatic N) is 1. The van der Waals surface area contributed by atoms with Crippen molar-refractivity contribution in [1.29, 1.82) is 0 Å². The van der Waals surface area contributed by atoms with Crippen LogP contribution < -0.4 is 5.32 Å². The molecule has 2 atom stereocenters. The number of hydrogen-bond donors (Lipinski definition) is 1. The Balaban J connectivity index is 0.00000341. The molecule has 0 unspecified atom stereocenters. The van der Waals surface area contributed by atoms with Crippen LogP contribution in [0, 0.1) is 18.7 Å². The van der Waals surface area contributed by atoms with E-state index in [2.05, 4.69) is 5.32 Å². The summed E-state index contributed by atoms with van der Waals surface area (Å²) in [4.78, 5) is 14.6. The lowest BCUT2D eigenvalue weighted by atomic mass is 9.79. The number of nitrogens with one attached hydrogen (secondary N) is 1. The first kappa shape index (κ1) is 25.4. The summed E-state index contributed by atoms with van der Waals surface area (Å²) in [5, 5.41) is 3.25. The Morgan fingerprint density at radius 1 is 1.23 bits per heavy atom. The summed E-state index contributed by atoms with van der Waals surface area (Å²) in [6.07, 6.45) is -3.92. The molecule has 1 heterocycles. The molecule has 0 saturated carbocycles. The molecule has 0 spiro atoms. The first-order chi connectivity index (χ1) is 14.1. The second-order valence-corrected chi connectivity index (χ2v) is 8.18. The van der Waals surface area contributed by atoms with Crippen molar-refractivity contribution in [2.75, 3.05) is 20.1 Å². The van der Waals surface area contributed by atoms with Crippen LogP contribution in [-0.2, 0) is 17.5 Å². The molecule has 1 N–H and O–H groups in total. The summed E-state index contributed by atoms with van der Waals surface area (Å²) in [7, 11) is 1.58. The van der Waals surface area contributed by atoms with Crippen molar-refractivity contribution >= 4 is 29.9 Å². The molecule has 3 nitrogen and oxygen atoms in total. The van der Waals surface area contributed by atoms with Crippen molar-refractivity contribution in [2.24, 2.45) is 5.92 Å². The summed E-state index contributed by atoms with van der Waals surface area (Å²) in [5.41, 5.74) is 1.15. The highest BCUT2D eigenvalue weighted by Gasteiger charge is 2.35. The molecule has 1 saturated heterocycles. The average molecular weight is 479 g/mol.